The van der Waals surface area contributed by atoms with Crippen LogP contribution in [0.3, 0.4) is 0 Å². The van der Waals surface area contributed by atoms with Crippen LogP contribution in [0.1, 0.15) is 10.5 Å². The van der Waals surface area contributed by atoms with Gasteiger partial charge in [-0.2, -0.15) is 0 Å². The molecular formula is C17H15BrN6O. The highest BCUT2D eigenvalue weighted by atomic mass is 79.9. The van der Waals surface area contributed by atoms with Gasteiger partial charge in [-0.25, -0.2) is 15.0 Å². The van der Waals surface area contributed by atoms with Gasteiger partial charge in [0.2, 0.25) is 5.95 Å². The van der Waals surface area contributed by atoms with Crippen molar-refractivity contribution in [2.75, 3.05) is 31.1 Å². The monoisotopic (exact) mass is 398 g/mol. The molecule has 1 aromatic carbocycles. The minimum atomic E-state index is -0.0883. The third kappa shape index (κ3) is 3.30. The number of aromatic nitrogens is 4. The molecule has 3 aromatic rings. The average molecular weight is 399 g/mol. The number of carbonyl (C=O) groups excluding carboxylic acids is 1. The van der Waals surface area contributed by atoms with Crippen LogP contribution in [0.15, 0.2) is 47.3 Å². The van der Waals surface area contributed by atoms with Crippen molar-refractivity contribution in [3.63, 3.8) is 0 Å². The van der Waals surface area contributed by atoms with Crippen LogP contribution in [0.5, 0.6) is 0 Å². The van der Waals surface area contributed by atoms with E-state index in [4.69, 9.17) is 0 Å². The summed E-state index contributed by atoms with van der Waals surface area (Å²) in [5.41, 5.74) is 1.90. The summed E-state index contributed by atoms with van der Waals surface area (Å²) in [4.78, 5) is 33.9. The molecule has 0 radical (unpaired) electrons. The summed E-state index contributed by atoms with van der Waals surface area (Å²) >= 11 is 3.33. The van der Waals surface area contributed by atoms with Crippen molar-refractivity contribution < 1.29 is 4.79 Å². The lowest BCUT2D eigenvalue weighted by Gasteiger charge is -2.34. The lowest BCUT2D eigenvalue weighted by molar-refractivity contribution is 0.0740. The number of fused-ring (bicyclic) bond motifs is 1. The minimum Gasteiger partial charge on any atom is -0.337 e. The number of amides is 1. The zero-order chi connectivity index (χ0) is 17.2. The predicted molar refractivity (Wildman–Crippen MR) is 97.4 cm³/mol. The highest BCUT2D eigenvalue weighted by Crippen LogP contribution is 2.15. The molecule has 0 N–H and O–H groups in total. The van der Waals surface area contributed by atoms with Gasteiger partial charge < -0.3 is 9.80 Å². The van der Waals surface area contributed by atoms with Gasteiger partial charge >= 0.3 is 0 Å². The van der Waals surface area contributed by atoms with Gasteiger partial charge in [-0.05, 0) is 28.1 Å². The van der Waals surface area contributed by atoms with Crippen LogP contribution in [0.25, 0.3) is 11.0 Å². The van der Waals surface area contributed by atoms with E-state index >= 15 is 0 Å². The second-order valence-corrected chi connectivity index (χ2v) is 6.64. The number of para-hydroxylation sites is 2. The van der Waals surface area contributed by atoms with Crippen LogP contribution in [-0.4, -0.2) is 56.9 Å². The molecule has 4 rings (SSSR count). The molecule has 3 heterocycles. The molecule has 126 valence electrons. The lowest BCUT2D eigenvalue weighted by Crippen LogP contribution is -2.49. The van der Waals surface area contributed by atoms with Crippen molar-refractivity contribution in [3.05, 3.63) is 53.0 Å². The third-order valence-corrected chi connectivity index (χ3v) is 4.53. The Labute approximate surface area is 152 Å². The summed E-state index contributed by atoms with van der Waals surface area (Å²) in [6, 6.07) is 7.54. The Morgan fingerprint density at radius 1 is 0.920 bits per heavy atom. The van der Waals surface area contributed by atoms with Gasteiger partial charge in [0.05, 0.1) is 21.7 Å². The average Bonchev–Trinajstić information content (AvgIpc) is 2.68. The van der Waals surface area contributed by atoms with E-state index in [-0.39, 0.29) is 5.91 Å². The van der Waals surface area contributed by atoms with E-state index in [1.807, 2.05) is 24.3 Å². The Morgan fingerprint density at radius 3 is 2.32 bits per heavy atom. The van der Waals surface area contributed by atoms with Gasteiger partial charge in [0.1, 0.15) is 5.69 Å². The van der Waals surface area contributed by atoms with Crippen LogP contribution in [0.4, 0.5) is 5.95 Å². The second kappa shape index (κ2) is 6.72. The molecule has 0 unspecified atom stereocenters. The molecule has 1 saturated heterocycles. The zero-order valence-corrected chi connectivity index (χ0v) is 14.9. The maximum atomic E-state index is 12.7. The normalized spacial score (nSPS) is 14.8. The minimum absolute atomic E-state index is 0.0883. The zero-order valence-electron chi connectivity index (χ0n) is 13.3. The Balaban J connectivity index is 1.46. The number of carbonyl (C=O) groups is 1. The van der Waals surface area contributed by atoms with Gasteiger partial charge in [0.15, 0.2) is 0 Å². The van der Waals surface area contributed by atoms with Gasteiger partial charge in [0.25, 0.3) is 5.91 Å². The molecule has 7 nitrogen and oxygen atoms in total. The maximum Gasteiger partial charge on any atom is 0.274 e. The molecule has 25 heavy (non-hydrogen) atoms. The number of piperazine rings is 1. The van der Waals surface area contributed by atoms with E-state index in [0.29, 0.717) is 37.8 Å². The van der Waals surface area contributed by atoms with Crippen molar-refractivity contribution in [2.45, 2.75) is 0 Å². The van der Waals surface area contributed by atoms with Crippen molar-refractivity contribution in [2.24, 2.45) is 0 Å². The van der Waals surface area contributed by atoms with Crippen LogP contribution >= 0.6 is 15.9 Å². The van der Waals surface area contributed by atoms with E-state index in [1.165, 1.54) is 0 Å². The second-order valence-electron chi connectivity index (χ2n) is 5.72. The number of benzene rings is 1. The number of hydrogen-bond donors (Lipinski definition) is 0. The topological polar surface area (TPSA) is 75.1 Å². The Kier molecular flexibility index (Phi) is 4.27. The fraction of sp³-hybridized carbons (Fsp3) is 0.235. The van der Waals surface area contributed by atoms with E-state index in [9.17, 15) is 4.79 Å². The largest absolute Gasteiger partial charge is 0.337 e. The van der Waals surface area contributed by atoms with Crippen molar-refractivity contribution in [1.82, 2.24) is 24.8 Å². The molecule has 0 atom stereocenters. The smallest absolute Gasteiger partial charge is 0.274 e. The highest BCUT2D eigenvalue weighted by Gasteiger charge is 2.24. The molecular weight excluding hydrogens is 384 g/mol. The molecule has 2 aromatic heterocycles. The summed E-state index contributed by atoms with van der Waals surface area (Å²) in [7, 11) is 0. The molecule has 0 saturated carbocycles. The van der Waals surface area contributed by atoms with Crippen LogP contribution in [-0.2, 0) is 0 Å². The van der Waals surface area contributed by atoms with Gasteiger partial charge in [0, 0.05) is 38.6 Å². The van der Waals surface area contributed by atoms with E-state index in [2.05, 4.69) is 40.8 Å². The van der Waals surface area contributed by atoms with E-state index in [1.54, 1.807) is 23.5 Å². The molecule has 1 amide bonds. The molecule has 0 spiro atoms. The highest BCUT2D eigenvalue weighted by molar-refractivity contribution is 9.10. The Hall–Kier alpha value is -2.61. The predicted octanol–water partition coefficient (Wildman–Crippen LogP) is 2.14. The van der Waals surface area contributed by atoms with Crippen molar-refractivity contribution >= 4 is 38.8 Å². The first-order chi connectivity index (χ1) is 12.2. The molecule has 8 heteroatoms. The molecule has 0 bridgehead atoms. The first-order valence-corrected chi connectivity index (χ1v) is 8.73. The number of anilines is 1. The van der Waals surface area contributed by atoms with E-state index in [0.717, 1.165) is 15.5 Å². The maximum absolute atomic E-state index is 12.7. The standard InChI is InChI=1S/C17H15BrN6O/c18-12-9-20-17(21-10-12)24-7-5-23(6-8-24)16(25)15-11-19-13-3-1-2-4-14(13)22-15/h1-4,9-11H,5-8H2. The number of nitrogens with zero attached hydrogens (tertiary/aromatic N) is 6. The third-order valence-electron chi connectivity index (χ3n) is 4.12. The van der Waals surface area contributed by atoms with Crippen molar-refractivity contribution in [3.8, 4) is 0 Å². The van der Waals surface area contributed by atoms with Gasteiger partial charge in [-0.15, -0.1) is 0 Å². The first-order valence-electron chi connectivity index (χ1n) is 7.94. The lowest BCUT2D eigenvalue weighted by atomic mass is 10.2. The summed E-state index contributed by atoms with van der Waals surface area (Å²) in [6.07, 6.45) is 5.00. The van der Waals surface area contributed by atoms with E-state index < -0.39 is 0 Å². The Bertz CT molecular complexity index is 908. The van der Waals surface area contributed by atoms with Crippen LogP contribution < -0.4 is 4.90 Å². The molecule has 0 aliphatic carbocycles. The first kappa shape index (κ1) is 15.9. The molecule has 1 aliphatic rings. The summed E-state index contributed by atoms with van der Waals surface area (Å²) < 4.78 is 0.847. The Morgan fingerprint density at radius 2 is 1.60 bits per heavy atom. The van der Waals surface area contributed by atoms with Crippen molar-refractivity contribution in [1.29, 1.82) is 0 Å². The van der Waals surface area contributed by atoms with Gasteiger partial charge in [-0.3, -0.25) is 9.78 Å². The molecule has 1 aliphatic heterocycles. The fourth-order valence-corrected chi connectivity index (χ4v) is 3.01. The fourth-order valence-electron chi connectivity index (χ4n) is 2.80. The quantitative estimate of drug-likeness (QED) is 0.658. The van der Waals surface area contributed by atoms with Gasteiger partial charge in [-0.1, -0.05) is 12.1 Å². The summed E-state index contributed by atoms with van der Waals surface area (Å²) in [5, 5.41) is 0. The van der Waals surface area contributed by atoms with Crippen LogP contribution in [0.2, 0.25) is 0 Å². The SMILES string of the molecule is O=C(c1cnc2ccccc2n1)N1CCN(c2ncc(Br)cn2)CC1. The summed E-state index contributed by atoms with van der Waals surface area (Å²) in [6.45, 7) is 2.59. The number of rotatable bonds is 2. The summed E-state index contributed by atoms with van der Waals surface area (Å²) in [5.74, 6) is 0.593. The molecule has 1 fully saturated rings. The number of hydrogen-bond acceptors (Lipinski definition) is 6. The van der Waals surface area contributed by atoms with Crippen LogP contribution in [0, 0.1) is 0 Å². The number of halogens is 1.